The maximum absolute atomic E-state index is 11.9. The van der Waals surface area contributed by atoms with E-state index in [2.05, 4.69) is 10.9 Å². The Labute approximate surface area is 170 Å². The van der Waals surface area contributed by atoms with Crippen LogP contribution in [0.5, 0.6) is 17.2 Å². The fraction of sp³-hybridized carbons (Fsp3) is 0.273. The molecule has 0 aliphatic carbocycles. The van der Waals surface area contributed by atoms with Crippen molar-refractivity contribution in [1.29, 1.82) is 0 Å². The van der Waals surface area contributed by atoms with Gasteiger partial charge in [-0.3, -0.25) is 20.4 Å². The number of benzene rings is 2. The van der Waals surface area contributed by atoms with Gasteiger partial charge in [-0.15, -0.1) is 0 Å². The standard InChI is InChI=1S/C22H26N2O5/c1-5-7-17-10-11-18(19(12-17)27-4)28-13-20(25)23-24-21(26)14-29-22-15(2)8-6-9-16(22)3/h5-12H,13-14H2,1-4H3,(H,23,25)(H,24,26)/b7-5+. The number of rotatable bonds is 8. The van der Waals surface area contributed by atoms with Crippen LogP contribution in [-0.4, -0.2) is 32.1 Å². The predicted octanol–water partition coefficient (Wildman–Crippen LogP) is 2.95. The predicted molar refractivity (Wildman–Crippen MR) is 111 cm³/mol. The van der Waals surface area contributed by atoms with Crippen LogP contribution >= 0.6 is 0 Å². The van der Waals surface area contributed by atoms with Gasteiger partial charge in [0.2, 0.25) is 0 Å². The molecule has 0 heterocycles. The SMILES string of the molecule is C/C=C/c1ccc(OCC(=O)NNC(=O)COc2c(C)cccc2C)c(OC)c1. The van der Waals surface area contributed by atoms with E-state index in [0.29, 0.717) is 17.2 Å². The summed E-state index contributed by atoms with van der Waals surface area (Å²) in [6, 6.07) is 11.1. The third-order valence-electron chi connectivity index (χ3n) is 4.00. The van der Waals surface area contributed by atoms with Gasteiger partial charge in [-0.25, -0.2) is 0 Å². The molecule has 0 aliphatic heterocycles. The number of allylic oxidation sites excluding steroid dienone is 1. The van der Waals surface area contributed by atoms with Gasteiger partial charge in [0.25, 0.3) is 11.8 Å². The van der Waals surface area contributed by atoms with Crippen LogP contribution in [-0.2, 0) is 9.59 Å². The topological polar surface area (TPSA) is 85.9 Å². The average molecular weight is 398 g/mol. The maximum Gasteiger partial charge on any atom is 0.276 e. The molecule has 0 aliphatic rings. The summed E-state index contributed by atoms with van der Waals surface area (Å²) in [4.78, 5) is 23.8. The summed E-state index contributed by atoms with van der Waals surface area (Å²) < 4.78 is 16.3. The lowest BCUT2D eigenvalue weighted by atomic mass is 10.1. The summed E-state index contributed by atoms with van der Waals surface area (Å²) >= 11 is 0. The highest BCUT2D eigenvalue weighted by Gasteiger charge is 2.11. The summed E-state index contributed by atoms with van der Waals surface area (Å²) in [5.74, 6) is 0.616. The van der Waals surface area contributed by atoms with Crippen LogP contribution in [0.15, 0.2) is 42.5 Å². The number of hydrogen-bond donors (Lipinski definition) is 2. The third-order valence-corrected chi connectivity index (χ3v) is 4.00. The van der Waals surface area contributed by atoms with Gasteiger partial charge in [-0.1, -0.05) is 36.4 Å². The Morgan fingerprint density at radius 2 is 1.55 bits per heavy atom. The fourth-order valence-electron chi connectivity index (χ4n) is 2.62. The molecule has 2 amide bonds. The molecule has 2 N–H and O–H groups in total. The van der Waals surface area contributed by atoms with E-state index >= 15 is 0 Å². The third kappa shape index (κ3) is 6.57. The second kappa shape index (κ2) is 10.8. The second-order valence-electron chi connectivity index (χ2n) is 6.30. The molecule has 29 heavy (non-hydrogen) atoms. The summed E-state index contributed by atoms with van der Waals surface area (Å²) in [7, 11) is 1.53. The Morgan fingerprint density at radius 3 is 2.14 bits per heavy atom. The van der Waals surface area contributed by atoms with Crippen LogP contribution in [0.4, 0.5) is 0 Å². The average Bonchev–Trinajstić information content (AvgIpc) is 2.71. The van der Waals surface area contributed by atoms with Crippen LogP contribution in [0.1, 0.15) is 23.6 Å². The number of para-hydroxylation sites is 1. The lowest BCUT2D eigenvalue weighted by molar-refractivity contribution is -0.131. The van der Waals surface area contributed by atoms with Crippen molar-refractivity contribution >= 4 is 17.9 Å². The molecule has 0 saturated carbocycles. The zero-order chi connectivity index (χ0) is 21.2. The van der Waals surface area contributed by atoms with Crippen LogP contribution < -0.4 is 25.1 Å². The van der Waals surface area contributed by atoms with Crippen molar-refractivity contribution in [2.24, 2.45) is 0 Å². The van der Waals surface area contributed by atoms with Gasteiger partial charge in [0.05, 0.1) is 7.11 Å². The van der Waals surface area contributed by atoms with Crippen LogP contribution in [0, 0.1) is 13.8 Å². The van der Waals surface area contributed by atoms with Crippen molar-refractivity contribution in [1.82, 2.24) is 10.9 Å². The van der Waals surface area contributed by atoms with Gasteiger partial charge < -0.3 is 14.2 Å². The quantitative estimate of drug-likeness (QED) is 0.668. The van der Waals surface area contributed by atoms with Crippen molar-refractivity contribution in [3.63, 3.8) is 0 Å². The molecule has 154 valence electrons. The first-order valence-corrected chi connectivity index (χ1v) is 9.14. The minimum atomic E-state index is -0.509. The van der Waals surface area contributed by atoms with Gasteiger partial charge in [-0.2, -0.15) is 0 Å². The fourth-order valence-corrected chi connectivity index (χ4v) is 2.62. The highest BCUT2D eigenvalue weighted by Crippen LogP contribution is 2.28. The van der Waals surface area contributed by atoms with Crippen molar-refractivity contribution in [3.8, 4) is 17.2 Å². The number of carbonyl (C=O) groups is 2. The Hall–Kier alpha value is -3.48. The summed E-state index contributed by atoms with van der Waals surface area (Å²) in [5, 5.41) is 0. The Morgan fingerprint density at radius 1 is 0.931 bits per heavy atom. The van der Waals surface area contributed by atoms with Crippen LogP contribution in [0.3, 0.4) is 0 Å². The molecule has 0 saturated heterocycles. The molecule has 0 bridgehead atoms. The van der Waals surface area contributed by atoms with E-state index in [-0.39, 0.29) is 13.2 Å². The Balaban J connectivity index is 1.79. The lowest BCUT2D eigenvalue weighted by Gasteiger charge is -2.13. The molecular weight excluding hydrogens is 372 g/mol. The molecule has 0 spiro atoms. The van der Waals surface area contributed by atoms with Gasteiger partial charge in [0.1, 0.15) is 5.75 Å². The van der Waals surface area contributed by atoms with Crippen molar-refractivity contribution in [3.05, 3.63) is 59.2 Å². The van der Waals surface area contributed by atoms with E-state index in [1.807, 2.05) is 57.2 Å². The molecule has 2 aromatic carbocycles. The number of amides is 2. The van der Waals surface area contributed by atoms with E-state index in [1.165, 1.54) is 7.11 Å². The number of nitrogens with one attached hydrogen (secondary N) is 2. The lowest BCUT2D eigenvalue weighted by Crippen LogP contribution is -2.45. The zero-order valence-corrected chi connectivity index (χ0v) is 17.1. The molecular formula is C22H26N2O5. The highest BCUT2D eigenvalue weighted by molar-refractivity contribution is 5.83. The molecule has 2 aromatic rings. The van der Waals surface area contributed by atoms with E-state index in [9.17, 15) is 9.59 Å². The molecule has 7 heteroatoms. The van der Waals surface area contributed by atoms with E-state index in [4.69, 9.17) is 14.2 Å². The Kier molecular flexibility index (Phi) is 8.09. The number of methoxy groups -OCH3 is 1. The number of aryl methyl sites for hydroxylation is 2. The monoisotopic (exact) mass is 398 g/mol. The van der Waals surface area contributed by atoms with Crippen LogP contribution in [0.2, 0.25) is 0 Å². The normalized spacial score (nSPS) is 10.5. The van der Waals surface area contributed by atoms with Crippen LogP contribution in [0.25, 0.3) is 6.08 Å². The number of hydrazine groups is 1. The van der Waals surface area contributed by atoms with Crippen molar-refractivity contribution in [2.75, 3.05) is 20.3 Å². The van der Waals surface area contributed by atoms with E-state index < -0.39 is 11.8 Å². The minimum Gasteiger partial charge on any atom is -0.493 e. The number of ether oxygens (including phenoxy) is 3. The molecule has 7 nitrogen and oxygen atoms in total. The zero-order valence-electron chi connectivity index (χ0n) is 17.1. The summed E-state index contributed by atoms with van der Waals surface area (Å²) in [5.41, 5.74) is 7.42. The molecule has 0 unspecified atom stereocenters. The summed E-state index contributed by atoms with van der Waals surface area (Å²) in [6.45, 7) is 5.23. The summed E-state index contributed by atoms with van der Waals surface area (Å²) in [6.07, 6.45) is 3.84. The van der Waals surface area contributed by atoms with Gasteiger partial charge in [-0.05, 0) is 49.6 Å². The minimum absolute atomic E-state index is 0.215. The van der Waals surface area contributed by atoms with E-state index in [1.54, 1.807) is 12.1 Å². The highest BCUT2D eigenvalue weighted by atomic mass is 16.5. The first-order chi connectivity index (χ1) is 13.9. The first-order valence-electron chi connectivity index (χ1n) is 9.14. The largest absolute Gasteiger partial charge is 0.493 e. The second-order valence-corrected chi connectivity index (χ2v) is 6.30. The first kappa shape index (κ1) is 21.8. The number of hydrogen-bond acceptors (Lipinski definition) is 5. The van der Waals surface area contributed by atoms with Crippen molar-refractivity contribution < 1.29 is 23.8 Å². The Bertz CT molecular complexity index is 873. The van der Waals surface area contributed by atoms with Gasteiger partial charge >= 0.3 is 0 Å². The smallest absolute Gasteiger partial charge is 0.276 e. The molecule has 0 radical (unpaired) electrons. The molecule has 0 fully saturated rings. The number of carbonyl (C=O) groups excluding carboxylic acids is 2. The molecule has 2 rings (SSSR count). The van der Waals surface area contributed by atoms with E-state index in [0.717, 1.165) is 16.7 Å². The van der Waals surface area contributed by atoms with Gasteiger partial charge in [0.15, 0.2) is 24.7 Å². The van der Waals surface area contributed by atoms with Gasteiger partial charge in [0, 0.05) is 0 Å². The molecule has 0 atom stereocenters. The molecule has 0 aromatic heterocycles. The maximum atomic E-state index is 11.9. The van der Waals surface area contributed by atoms with Crippen molar-refractivity contribution in [2.45, 2.75) is 20.8 Å².